The van der Waals surface area contributed by atoms with Gasteiger partial charge >= 0.3 is 0 Å². The molecule has 0 bridgehead atoms. The van der Waals surface area contributed by atoms with Gasteiger partial charge in [0, 0.05) is 19.2 Å². The fraction of sp³-hybridized carbons (Fsp3) is 0.500. The molecule has 2 N–H and O–H groups in total. The van der Waals surface area contributed by atoms with Crippen LogP contribution in [0.4, 0.5) is 11.4 Å². The highest BCUT2D eigenvalue weighted by molar-refractivity contribution is 5.64. The van der Waals surface area contributed by atoms with Gasteiger partial charge in [-0.1, -0.05) is 13.3 Å². The largest absolute Gasteiger partial charge is 0.396 e. The number of benzene rings is 1. The van der Waals surface area contributed by atoms with Crippen molar-refractivity contribution in [3.05, 3.63) is 33.9 Å². The lowest BCUT2D eigenvalue weighted by Gasteiger charge is -2.16. The molecular weight excluding hydrogens is 258 g/mol. The van der Waals surface area contributed by atoms with Crippen molar-refractivity contribution in [3.8, 4) is 6.07 Å². The van der Waals surface area contributed by atoms with Gasteiger partial charge in [-0.25, -0.2) is 0 Å². The standard InChI is InChI=1S/C14H19N3O3/c1-2-3-11(6-7-18)10-16-13-8-12(9-15)4-5-14(13)17(19)20/h4-5,8,11,16,18H,2-3,6-7,10H2,1H3. The molecule has 0 spiro atoms. The van der Waals surface area contributed by atoms with Crippen molar-refractivity contribution in [3.63, 3.8) is 0 Å². The first-order valence-corrected chi connectivity index (χ1v) is 6.65. The molecular formula is C14H19N3O3. The highest BCUT2D eigenvalue weighted by Crippen LogP contribution is 2.26. The maximum atomic E-state index is 11.0. The molecule has 0 aliphatic rings. The molecule has 0 aromatic heterocycles. The van der Waals surface area contributed by atoms with Crippen LogP contribution in [0, 0.1) is 27.4 Å². The number of hydrogen-bond donors (Lipinski definition) is 2. The molecule has 6 nitrogen and oxygen atoms in total. The molecule has 1 aromatic carbocycles. The van der Waals surface area contributed by atoms with Crippen LogP contribution < -0.4 is 5.32 Å². The number of nitro groups is 1. The second-order valence-corrected chi connectivity index (χ2v) is 4.65. The van der Waals surface area contributed by atoms with Crippen LogP contribution >= 0.6 is 0 Å². The average Bonchev–Trinajstić information content (AvgIpc) is 2.44. The van der Waals surface area contributed by atoms with E-state index in [0.717, 1.165) is 12.8 Å². The van der Waals surface area contributed by atoms with Crippen molar-refractivity contribution in [1.29, 1.82) is 5.26 Å². The first-order valence-electron chi connectivity index (χ1n) is 6.65. The van der Waals surface area contributed by atoms with Crippen LogP contribution in [0.2, 0.25) is 0 Å². The minimum atomic E-state index is -0.468. The first-order chi connectivity index (χ1) is 9.62. The molecule has 0 heterocycles. The number of nitro benzene ring substituents is 1. The second kappa shape index (κ2) is 8.12. The fourth-order valence-corrected chi connectivity index (χ4v) is 2.10. The van der Waals surface area contributed by atoms with Crippen LogP contribution in [0.25, 0.3) is 0 Å². The van der Waals surface area contributed by atoms with Crippen molar-refractivity contribution in [2.24, 2.45) is 5.92 Å². The van der Waals surface area contributed by atoms with E-state index >= 15 is 0 Å². The summed E-state index contributed by atoms with van der Waals surface area (Å²) in [6, 6.07) is 6.22. The third-order valence-electron chi connectivity index (χ3n) is 3.14. The van der Waals surface area contributed by atoms with E-state index in [1.54, 1.807) is 0 Å². The van der Waals surface area contributed by atoms with Gasteiger partial charge in [0.1, 0.15) is 5.69 Å². The van der Waals surface area contributed by atoms with Crippen LogP contribution in [-0.4, -0.2) is 23.2 Å². The lowest BCUT2D eigenvalue weighted by atomic mass is 10.00. The molecule has 0 radical (unpaired) electrons. The zero-order chi connectivity index (χ0) is 15.0. The molecule has 108 valence electrons. The summed E-state index contributed by atoms with van der Waals surface area (Å²) in [5.41, 5.74) is 0.698. The Kier molecular flexibility index (Phi) is 6.47. The molecule has 0 saturated carbocycles. The maximum absolute atomic E-state index is 11.0. The third-order valence-corrected chi connectivity index (χ3v) is 3.14. The summed E-state index contributed by atoms with van der Waals surface area (Å²) >= 11 is 0. The van der Waals surface area contributed by atoms with E-state index < -0.39 is 4.92 Å². The Hall–Kier alpha value is -2.13. The number of nitriles is 1. The number of hydrogen-bond acceptors (Lipinski definition) is 5. The molecule has 0 saturated heterocycles. The average molecular weight is 277 g/mol. The van der Waals surface area contributed by atoms with Gasteiger partial charge in [0.15, 0.2) is 0 Å². The van der Waals surface area contributed by atoms with Crippen LogP contribution in [0.3, 0.4) is 0 Å². The van der Waals surface area contributed by atoms with Gasteiger partial charge in [-0.15, -0.1) is 0 Å². The zero-order valence-electron chi connectivity index (χ0n) is 11.5. The summed E-state index contributed by atoms with van der Waals surface area (Å²) in [6.45, 7) is 2.71. The molecule has 1 unspecified atom stereocenters. The number of aliphatic hydroxyl groups is 1. The lowest BCUT2D eigenvalue weighted by molar-refractivity contribution is -0.384. The summed E-state index contributed by atoms with van der Waals surface area (Å²) in [4.78, 5) is 10.5. The van der Waals surface area contributed by atoms with Crippen molar-refractivity contribution < 1.29 is 10.0 Å². The minimum Gasteiger partial charge on any atom is -0.396 e. The predicted molar refractivity (Wildman–Crippen MR) is 76.4 cm³/mol. The maximum Gasteiger partial charge on any atom is 0.292 e. The molecule has 20 heavy (non-hydrogen) atoms. The normalized spacial score (nSPS) is 11.7. The quantitative estimate of drug-likeness (QED) is 0.562. The molecule has 6 heteroatoms. The Morgan fingerprint density at radius 3 is 2.80 bits per heavy atom. The Morgan fingerprint density at radius 1 is 1.50 bits per heavy atom. The lowest BCUT2D eigenvalue weighted by Crippen LogP contribution is -2.16. The summed E-state index contributed by atoms with van der Waals surface area (Å²) < 4.78 is 0. The Labute approximate surface area is 118 Å². The number of anilines is 1. The highest BCUT2D eigenvalue weighted by Gasteiger charge is 2.15. The van der Waals surface area contributed by atoms with E-state index in [0.29, 0.717) is 24.2 Å². The summed E-state index contributed by atoms with van der Waals surface area (Å²) in [5, 5.41) is 31.9. The van der Waals surface area contributed by atoms with Crippen molar-refractivity contribution in [2.75, 3.05) is 18.5 Å². The van der Waals surface area contributed by atoms with Gasteiger partial charge in [0.05, 0.1) is 16.6 Å². The van der Waals surface area contributed by atoms with Gasteiger partial charge in [-0.3, -0.25) is 10.1 Å². The van der Waals surface area contributed by atoms with Crippen molar-refractivity contribution in [1.82, 2.24) is 0 Å². The monoisotopic (exact) mass is 277 g/mol. The number of aliphatic hydroxyl groups excluding tert-OH is 1. The van der Waals surface area contributed by atoms with Gasteiger partial charge in [0.2, 0.25) is 0 Å². The van der Waals surface area contributed by atoms with Crippen molar-refractivity contribution in [2.45, 2.75) is 26.2 Å². The van der Waals surface area contributed by atoms with Gasteiger partial charge < -0.3 is 10.4 Å². The first kappa shape index (κ1) is 15.9. The Balaban J connectivity index is 2.84. The van der Waals surface area contributed by atoms with Crippen LogP contribution in [-0.2, 0) is 0 Å². The molecule has 1 atom stereocenters. The molecule has 0 amide bonds. The Morgan fingerprint density at radius 2 is 2.25 bits per heavy atom. The topological polar surface area (TPSA) is 99.2 Å². The zero-order valence-corrected chi connectivity index (χ0v) is 11.5. The van der Waals surface area contributed by atoms with Crippen LogP contribution in [0.5, 0.6) is 0 Å². The van der Waals surface area contributed by atoms with E-state index in [2.05, 4.69) is 12.2 Å². The van der Waals surface area contributed by atoms with Gasteiger partial charge in [-0.05, 0) is 30.9 Å². The smallest absolute Gasteiger partial charge is 0.292 e. The van der Waals surface area contributed by atoms with Crippen LogP contribution in [0.1, 0.15) is 31.7 Å². The molecule has 0 fully saturated rings. The minimum absolute atomic E-state index is 0.0387. The summed E-state index contributed by atoms with van der Waals surface area (Å²) in [5.74, 6) is 0.260. The van der Waals surface area contributed by atoms with Gasteiger partial charge in [-0.2, -0.15) is 5.26 Å². The summed E-state index contributed by atoms with van der Waals surface area (Å²) in [6.07, 6.45) is 2.60. The van der Waals surface area contributed by atoms with E-state index in [4.69, 9.17) is 10.4 Å². The second-order valence-electron chi connectivity index (χ2n) is 4.65. The van der Waals surface area contributed by atoms with E-state index in [1.165, 1.54) is 18.2 Å². The van der Waals surface area contributed by atoms with Crippen molar-refractivity contribution >= 4 is 11.4 Å². The molecule has 0 aliphatic heterocycles. The van der Waals surface area contributed by atoms with E-state index in [9.17, 15) is 10.1 Å². The number of rotatable bonds is 8. The fourth-order valence-electron chi connectivity index (χ4n) is 2.10. The van der Waals surface area contributed by atoms with Gasteiger partial charge in [0.25, 0.3) is 5.69 Å². The van der Waals surface area contributed by atoms with E-state index in [-0.39, 0.29) is 18.2 Å². The third kappa shape index (κ3) is 4.52. The van der Waals surface area contributed by atoms with E-state index in [1.807, 2.05) is 6.07 Å². The predicted octanol–water partition coefficient (Wildman–Crippen LogP) is 2.68. The Bertz CT molecular complexity index is 491. The molecule has 0 aliphatic carbocycles. The van der Waals surface area contributed by atoms with Crippen LogP contribution in [0.15, 0.2) is 18.2 Å². The number of nitrogens with one attached hydrogen (secondary N) is 1. The highest BCUT2D eigenvalue weighted by atomic mass is 16.6. The number of nitrogens with zero attached hydrogens (tertiary/aromatic N) is 2. The molecule has 1 rings (SSSR count). The molecule has 1 aromatic rings. The summed E-state index contributed by atoms with van der Waals surface area (Å²) in [7, 11) is 0. The SMILES string of the molecule is CCCC(CCO)CNc1cc(C#N)ccc1[N+](=O)[O-].